The van der Waals surface area contributed by atoms with Gasteiger partial charge in [-0.15, -0.1) is 0 Å². The number of nitrogens with zero attached hydrogens (tertiary/aromatic N) is 2. The summed E-state index contributed by atoms with van der Waals surface area (Å²) < 4.78 is 5.31. The lowest BCUT2D eigenvalue weighted by Gasteiger charge is -2.14. The van der Waals surface area contributed by atoms with Crippen molar-refractivity contribution in [3.05, 3.63) is 58.3 Å². The van der Waals surface area contributed by atoms with Gasteiger partial charge in [0.2, 0.25) is 11.7 Å². The lowest BCUT2D eigenvalue weighted by molar-refractivity contribution is -0.390. The van der Waals surface area contributed by atoms with Crippen LogP contribution >= 0.6 is 0 Å². The quantitative estimate of drug-likeness (QED) is 0.608. The van der Waals surface area contributed by atoms with Crippen LogP contribution in [0.25, 0.3) is 0 Å². The van der Waals surface area contributed by atoms with Crippen molar-refractivity contribution in [3.8, 4) is 5.75 Å². The number of rotatable bonds is 6. The summed E-state index contributed by atoms with van der Waals surface area (Å²) in [5, 5.41) is 13.4. The zero-order valence-corrected chi connectivity index (χ0v) is 12.6. The number of carbonyl (C=O) groups is 2. The molecule has 0 bridgehead atoms. The number of ether oxygens (including phenoxy) is 1. The molecule has 2 rings (SSSR count). The molecule has 1 aromatic heterocycles. The summed E-state index contributed by atoms with van der Waals surface area (Å²) in [5.41, 5.74) is 5.87. The molecule has 0 saturated carbocycles. The molecule has 2 aromatic rings. The molecule has 0 fully saturated rings. The van der Waals surface area contributed by atoms with Crippen LogP contribution in [-0.2, 0) is 4.79 Å². The summed E-state index contributed by atoms with van der Waals surface area (Å²) in [6, 6.07) is 8.78. The summed E-state index contributed by atoms with van der Waals surface area (Å²) in [6.07, 6.45) is 0.263. The van der Waals surface area contributed by atoms with E-state index in [9.17, 15) is 19.7 Å². The number of hydrogen-bond acceptors (Lipinski definition) is 6. The fourth-order valence-electron chi connectivity index (χ4n) is 1.82. The third-order valence-corrected chi connectivity index (χ3v) is 3.03. The Labute approximate surface area is 136 Å². The lowest BCUT2D eigenvalue weighted by atomic mass is 10.2. The molecule has 0 aliphatic rings. The number of amides is 2. The molecular weight excluding hydrogens is 316 g/mol. The van der Waals surface area contributed by atoms with Gasteiger partial charge in [0.05, 0.1) is 0 Å². The zero-order valence-electron chi connectivity index (χ0n) is 12.6. The van der Waals surface area contributed by atoms with Crippen LogP contribution in [0.1, 0.15) is 17.3 Å². The van der Waals surface area contributed by atoms with Crippen molar-refractivity contribution >= 4 is 23.3 Å². The second-order valence-corrected chi connectivity index (χ2v) is 4.77. The van der Waals surface area contributed by atoms with Gasteiger partial charge >= 0.3 is 5.82 Å². The van der Waals surface area contributed by atoms with Gasteiger partial charge in [-0.1, -0.05) is 0 Å². The highest BCUT2D eigenvalue weighted by Crippen LogP contribution is 2.24. The van der Waals surface area contributed by atoms with Crippen molar-refractivity contribution in [2.45, 2.75) is 13.0 Å². The molecule has 1 atom stereocenters. The van der Waals surface area contributed by atoms with Gasteiger partial charge in [0.15, 0.2) is 6.10 Å². The van der Waals surface area contributed by atoms with E-state index in [1.165, 1.54) is 49.5 Å². The molecule has 2 amide bonds. The SMILES string of the molecule is C[C@H](Oc1cccnc1[N+](=O)[O-])C(=O)Nc1ccc(C(N)=O)cc1. The Bertz CT molecular complexity index is 776. The van der Waals surface area contributed by atoms with Gasteiger partial charge in [-0.2, -0.15) is 0 Å². The van der Waals surface area contributed by atoms with E-state index < -0.39 is 28.7 Å². The van der Waals surface area contributed by atoms with Crippen LogP contribution in [-0.4, -0.2) is 27.8 Å². The topological polar surface area (TPSA) is 137 Å². The molecule has 0 spiro atoms. The maximum atomic E-state index is 12.1. The van der Waals surface area contributed by atoms with Gasteiger partial charge in [0, 0.05) is 11.3 Å². The minimum atomic E-state index is -0.997. The van der Waals surface area contributed by atoms with Crippen molar-refractivity contribution < 1.29 is 19.2 Å². The molecule has 0 aliphatic carbocycles. The first-order valence-electron chi connectivity index (χ1n) is 6.85. The third kappa shape index (κ3) is 4.03. The second kappa shape index (κ2) is 7.18. The Hall–Kier alpha value is -3.49. The van der Waals surface area contributed by atoms with Crippen LogP contribution in [0.15, 0.2) is 42.6 Å². The van der Waals surface area contributed by atoms with Crippen molar-refractivity contribution in [3.63, 3.8) is 0 Å². The van der Waals surface area contributed by atoms with Crippen molar-refractivity contribution in [1.29, 1.82) is 0 Å². The molecule has 0 unspecified atom stereocenters. The smallest absolute Gasteiger partial charge is 0.406 e. The maximum absolute atomic E-state index is 12.1. The molecule has 24 heavy (non-hydrogen) atoms. The van der Waals surface area contributed by atoms with Crippen LogP contribution in [0.3, 0.4) is 0 Å². The molecule has 9 nitrogen and oxygen atoms in total. The number of pyridine rings is 1. The van der Waals surface area contributed by atoms with E-state index in [2.05, 4.69) is 10.3 Å². The summed E-state index contributed by atoms with van der Waals surface area (Å²) in [7, 11) is 0. The molecule has 0 aliphatic heterocycles. The predicted octanol–water partition coefficient (Wildman–Crippen LogP) is 1.49. The zero-order chi connectivity index (χ0) is 17.7. The van der Waals surface area contributed by atoms with Crippen molar-refractivity contribution in [2.24, 2.45) is 5.73 Å². The summed E-state index contributed by atoms with van der Waals surface area (Å²) in [4.78, 5) is 36.9. The lowest BCUT2D eigenvalue weighted by Crippen LogP contribution is -2.30. The highest BCUT2D eigenvalue weighted by atomic mass is 16.6. The standard InChI is InChI=1S/C15H14N4O5/c1-9(24-12-3-2-8-17-14(12)19(22)23)15(21)18-11-6-4-10(5-7-11)13(16)20/h2-9H,1H3,(H2,16,20)(H,18,21)/t9-/m0/s1. The number of anilines is 1. The monoisotopic (exact) mass is 330 g/mol. The van der Waals surface area contributed by atoms with Gasteiger partial charge in [0.1, 0.15) is 6.20 Å². The Morgan fingerprint density at radius 3 is 2.54 bits per heavy atom. The van der Waals surface area contributed by atoms with Crippen molar-refractivity contribution in [2.75, 3.05) is 5.32 Å². The minimum absolute atomic E-state index is 0.103. The van der Waals surface area contributed by atoms with E-state index in [1.807, 2.05) is 0 Å². The number of nitrogens with two attached hydrogens (primary N) is 1. The first-order chi connectivity index (χ1) is 11.4. The van der Waals surface area contributed by atoms with E-state index in [0.29, 0.717) is 11.3 Å². The summed E-state index contributed by atoms with van der Waals surface area (Å²) in [5.74, 6) is -1.66. The Morgan fingerprint density at radius 1 is 1.29 bits per heavy atom. The second-order valence-electron chi connectivity index (χ2n) is 4.77. The van der Waals surface area contributed by atoms with Gasteiger partial charge in [-0.05, 0) is 53.2 Å². The number of nitrogens with one attached hydrogen (secondary N) is 1. The molecule has 3 N–H and O–H groups in total. The normalized spacial score (nSPS) is 11.4. The maximum Gasteiger partial charge on any atom is 0.406 e. The fraction of sp³-hybridized carbons (Fsp3) is 0.133. The first kappa shape index (κ1) is 16.9. The van der Waals surface area contributed by atoms with Crippen molar-refractivity contribution in [1.82, 2.24) is 4.98 Å². The summed E-state index contributed by atoms with van der Waals surface area (Å²) >= 11 is 0. The van der Waals surface area contributed by atoms with Crippen LogP contribution < -0.4 is 15.8 Å². The van der Waals surface area contributed by atoms with Gasteiger partial charge in [-0.3, -0.25) is 9.59 Å². The van der Waals surface area contributed by atoms with Crippen LogP contribution in [0.4, 0.5) is 11.5 Å². The molecule has 9 heteroatoms. The largest absolute Gasteiger partial charge is 0.473 e. The number of nitro groups is 1. The number of primary amides is 1. The van der Waals surface area contributed by atoms with Crippen LogP contribution in [0.2, 0.25) is 0 Å². The Balaban J connectivity index is 2.05. The first-order valence-corrected chi connectivity index (χ1v) is 6.85. The number of carbonyl (C=O) groups excluding carboxylic acids is 2. The number of hydrogen-bond donors (Lipinski definition) is 2. The summed E-state index contributed by atoms with van der Waals surface area (Å²) in [6.45, 7) is 1.45. The van der Waals surface area contributed by atoms with E-state index in [0.717, 1.165) is 0 Å². The minimum Gasteiger partial charge on any atom is -0.473 e. The van der Waals surface area contributed by atoms with Crippen LogP contribution in [0.5, 0.6) is 5.75 Å². The molecule has 124 valence electrons. The Kier molecular flexibility index (Phi) is 5.05. The number of benzene rings is 1. The van der Waals surface area contributed by atoms with Gasteiger partial charge < -0.3 is 25.9 Å². The van der Waals surface area contributed by atoms with Gasteiger partial charge in [0.25, 0.3) is 5.91 Å². The average Bonchev–Trinajstić information content (AvgIpc) is 2.55. The van der Waals surface area contributed by atoms with E-state index in [-0.39, 0.29) is 5.75 Å². The van der Waals surface area contributed by atoms with E-state index in [4.69, 9.17) is 10.5 Å². The van der Waals surface area contributed by atoms with E-state index >= 15 is 0 Å². The highest BCUT2D eigenvalue weighted by molar-refractivity contribution is 5.96. The molecule has 0 radical (unpaired) electrons. The Morgan fingerprint density at radius 2 is 1.96 bits per heavy atom. The average molecular weight is 330 g/mol. The molecular formula is C15H14N4O5. The molecule has 1 heterocycles. The molecule has 0 saturated heterocycles. The van der Waals surface area contributed by atoms with E-state index in [1.54, 1.807) is 0 Å². The van der Waals surface area contributed by atoms with Crippen LogP contribution in [0, 0.1) is 10.1 Å². The highest BCUT2D eigenvalue weighted by Gasteiger charge is 2.21. The predicted molar refractivity (Wildman–Crippen MR) is 84.6 cm³/mol. The van der Waals surface area contributed by atoms with Gasteiger partial charge in [-0.25, -0.2) is 0 Å². The fourth-order valence-corrected chi connectivity index (χ4v) is 1.82. The molecule has 1 aromatic carbocycles. The third-order valence-electron chi connectivity index (χ3n) is 3.03. The number of aromatic nitrogens is 1.